The van der Waals surface area contributed by atoms with Gasteiger partial charge in [0.05, 0.1) is 5.60 Å². The average molecular weight is 465 g/mol. The Hall–Kier alpha value is -1.10. The maximum Gasteiger partial charge on any atom is 0.322 e. The zero-order chi connectivity index (χ0) is 17.4. The highest BCUT2D eigenvalue weighted by atomic mass is 127. The van der Waals surface area contributed by atoms with Crippen molar-refractivity contribution in [1.82, 2.24) is 20.9 Å². The smallest absolute Gasteiger partial charge is 0.322 e. The van der Waals surface area contributed by atoms with Gasteiger partial charge >= 0.3 is 6.03 Å². The molecule has 0 aromatic rings. The number of piperidine rings is 1. The molecule has 2 heterocycles. The van der Waals surface area contributed by atoms with Gasteiger partial charge in [-0.25, -0.2) is 4.79 Å². The van der Waals surface area contributed by atoms with Crippen molar-refractivity contribution < 1.29 is 14.7 Å². The number of hydrogen-bond donors (Lipinski definition) is 4. The molecular weight excluding hydrogens is 437 g/mol. The second kappa shape index (κ2) is 7.65. The number of carbonyl (C=O) groups excluding carboxylic acids is 2. The average Bonchev–Trinajstić information content (AvgIpc) is 2.80. The molecule has 25 heavy (non-hydrogen) atoms. The van der Waals surface area contributed by atoms with Crippen LogP contribution in [0.15, 0.2) is 4.99 Å². The van der Waals surface area contributed by atoms with E-state index in [2.05, 4.69) is 25.8 Å². The fourth-order valence-electron chi connectivity index (χ4n) is 3.85. The van der Waals surface area contributed by atoms with Crippen molar-refractivity contribution in [3.63, 3.8) is 0 Å². The third-order valence-electron chi connectivity index (χ3n) is 5.75. The highest BCUT2D eigenvalue weighted by Crippen LogP contribution is 2.32. The Kier molecular flexibility index (Phi) is 6.18. The number of likely N-dealkylation sites (tertiary alicyclic amines) is 1. The number of aliphatic imine (C=N–C) groups is 1. The molecule has 0 aromatic carbocycles. The van der Waals surface area contributed by atoms with E-state index in [4.69, 9.17) is 0 Å². The molecule has 3 fully saturated rings. The van der Waals surface area contributed by atoms with Crippen LogP contribution in [0.1, 0.15) is 39.0 Å². The lowest BCUT2D eigenvalue weighted by Crippen LogP contribution is -2.56. The SMILES string of the molecule is CN=C(NCC1(O)CCC1)N1CCC(C2(C)NC(=O)NC2=O)CC1.I. The van der Waals surface area contributed by atoms with Crippen molar-refractivity contribution in [1.29, 1.82) is 0 Å². The molecule has 3 aliphatic rings. The number of amides is 3. The van der Waals surface area contributed by atoms with Gasteiger partial charge < -0.3 is 20.6 Å². The Morgan fingerprint density at radius 1 is 1.36 bits per heavy atom. The minimum atomic E-state index is -0.818. The van der Waals surface area contributed by atoms with Gasteiger partial charge in [0.1, 0.15) is 5.54 Å². The first kappa shape index (κ1) is 20.2. The van der Waals surface area contributed by atoms with Crippen LogP contribution in [0.3, 0.4) is 0 Å². The first-order valence-corrected chi connectivity index (χ1v) is 8.68. The summed E-state index contributed by atoms with van der Waals surface area (Å²) in [6, 6.07) is -0.406. The summed E-state index contributed by atoms with van der Waals surface area (Å²) in [5, 5.41) is 18.6. The molecule has 9 heteroatoms. The molecule has 1 atom stereocenters. The van der Waals surface area contributed by atoms with E-state index in [0.29, 0.717) is 6.54 Å². The summed E-state index contributed by atoms with van der Waals surface area (Å²) in [7, 11) is 1.74. The van der Waals surface area contributed by atoms with E-state index in [1.165, 1.54) is 0 Å². The van der Waals surface area contributed by atoms with Crippen molar-refractivity contribution in [2.24, 2.45) is 10.9 Å². The van der Waals surface area contributed by atoms with Crippen LogP contribution in [0, 0.1) is 5.92 Å². The number of imide groups is 1. The third-order valence-corrected chi connectivity index (χ3v) is 5.75. The number of carbonyl (C=O) groups is 2. The Bertz CT molecular complexity index is 558. The minimum absolute atomic E-state index is 0. The molecular formula is C16H28IN5O3. The lowest BCUT2D eigenvalue weighted by atomic mass is 9.79. The van der Waals surface area contributed by atoms with Crippen molar-refractivity contribution in [2.45, 2.75) is 50.2 Å². The molecule has 0 spiro atoms. The number of nitrogens with one attached hydrogen (secondary N) is 3. The van der Waals surface area contributed by atoms with Gasteiger partial charge in [-0.3, -0.25) is 15.1 Å². The second-order valence-corrected chi connectivity index (χ2v) is 7.35. The Labute approximate surface area is 165 Å². The molecule has 1 saturated carbocycles. The Balaban J connectivity index is 0.00000225. The van der Waals surface area contributed by atoms with E-state index in [9.17, 15) is 14.7 Å². The molecule has 3 rings (SSSR count). The number of nitrogens with zero attached hydrogens (tertiary/aromatic N) is 2. The fraction of sp³-hybridized carbons (Fsp3) is 0.812. The van der Waals surface area contributed by atoms with Crippen molar-refractivity contribution in [3.8, 4) is 0 Å². The minimum Gasteiger partial charge on any atom is -0.388 e. The molecule has 8 nitrogen and oxygen atoms in total. The third kappa shape index (κ3) is 4.02. The predicted molar refractivity (Wildman–Crippen MR) is 105 cm³/mol. The van der Waals surface area contributed by atoms with E-state index < -0.39 is 17.2 Å². The van der Waals surface area contributed by atoms with Gasteiger partial charge in [0.2, 0.25) is 0 Å². The number of hydrogen-bond acceptors (Lipinski definition) is 4. The van der Waals surface area contributed by atoms with Crippen LogP contribution >= 0.6 is 24.0 Å². The Morgan fingerprint density at radius 3 is 2.44 bits per heavy atom. The van der Waals surface area contributed by atoms with E-state index in [1.54, 1.807) is 14.0 Å². The van der Waals surface area contributed by atoms with Crippen LogP contribution in [0.4, 0.5) is 4.79 Å². The lowest BCUT2D eigenvalue weighted by molar-refractivity contribution is -0.125. The van der Waals surface area contributed by atoms with Crippen molar-refractivity contribution in [2.75, 3.05) is 26.7 Å². The number of halogens is 1. The lowest BCUT2D eigenvalue weighted by Gasteiger charge is -2.41. The van der Waals surface area contributed by atoms with Gasteiger partial charge in [-0.2, -0.15) is 0 Å². The van der Waals surface area contributed by atoms with Crippen LogP contribution < -0.4 is 16.0 Å². The summed E-state index contributed by atoms with van der Waals surface area (Å²) in [6.45, 7) is 3.85. The molecule has 0 bridgehead atoms. The molecule has 2 aliphatic heterocycles. The topological polar surface area (TPSA) is 106 Å². The van der Waals surface area contributed by atoms with Crippen molar-refractivity contribution >= 4 is 41.9 Å². The monoisotopic (exact) mass is 465 g/mol. The van der Waals surface area contributed by atoms with E-state index in [1.807, 2.05) is 0 Å². The fourth-order valence-corrected chi connectivity index (χ4v) is 3.85. The number of urea groups is 1. The summed E-state index contributed by atoms with van der Waals surface area (Å²) < 4.78 is 0. The van der Waals surface area contributed by atoms with Crippen LogP contribution in [-0.2, 0) is 4.79 Å². The number of rotatable bonds is 3. The van der Waals surface area contributed by atoms with E-state index in [0.717, 1.165) is 51.2 Å². The maximum atomic E-state index is 12.1. The summed E-state index contributed by atoms with van der Waals surface area (Å²) in [5.74, 6) is 0.661. The van der Waals surface area contributed by atoms with Gasteiger partial charge in [-0.15, -0.1) is 24.0 Å². The van der Waals surface area contributed by atoms with Crippen molar-refractivity contribution in [3.05, 3.63) is 0 Å². The molecule has 1 aliphatic carbocycles. The molecule has 1 unspecified atom stereocenters. The van der Waals surface area contributed by atoms with Gasteiger partial charge in [0.15, 0.2) is 5.96 Å². The van der Waals surface area contributed by atoms with Gasteiger partial charge in [-0.05, 0) is 44.9 Å². The molecule has 0 radical (unpaired) electrons. The summed E-state index contributed by atoms with van der Waals surface area (Å²) in [5.41, 5.74) is -1.41. The van der Waals surface area contributed by atoms with Crippen LogP contribution in [0.25, 0.3) is 0 Å². The zero-order valence-corrected chi connectivity index (χ0v) is 17.1. The van der Waals surface area contributed by atoms with Crippen LogP contribution in [0.2, 0.25) is 0 Å². The summed E-state index contributed by atoms with van der Waals surface area (Å²) >= 11 is 0. The molecule has 4 N–H and O–H groups in total. The number of guanidine groups is 1. The molecule has 2 saturated heterocycles. The van der Waals surface area contributed by atoms with E-state index >= 15 is 0 Å². The second-order valence-electron chi connectivity index (χ2n) is 7.35. The molecule has 3 amide bonds. The first-order valence-electron chi connectivity index (χ1n) is 8.68. The highest BCUT2D eigenvalue weighted by Gasteiger charge is 2.48. The zero-order valence-electron chi connectivity index (χ0n) is 14.8. The van der Waals surface area contributed by atoms with Crippen LogP contribution in [0.5, 0.6) is 0 Å². The standard InChI is InChI=1S/C16H27N5O3.HI/c1-15(12(22)19-14(23)20-15)11-4-8-21(9-5-11)13(17-2)18-10-16(24)6-3-7-16;/h11,24H,3-10H2,1-2H3,(H,17,18)(H2,19,20,22,23);1H. The van der Waals surface area contributed by atoms with Gasteiger partial charge in [0.25, 0.3) is 5.91 Å². The maximum absolute atomic E-state index is 12.1. The predicted octanol–water partition coefficient (Wildman–Crippen LogP) is 0.405. The number of aliphatic hydroxyl groups is 1. The summed E-state index contributed by atoms with van der Waals surface area (Å²) in [6.07, 6.45) is 4.36. The van der Waals surface area contributed by atoms with Crippen LogP contribution in [-0.4, -0.2) is 65.7 Å². The molecule has 142 valence electrons. The first-order chi connectivity index (χ1) is 11.4. The molecule has 0 aromatic heterocycles. The highest BCUT2D eigenvalue weighted by molar-refractivity contribution is 14.0. The van der Waals surface area contributed by atoms with Gasteiger partial charge in [-0.1, -0.05) is 0 Å². The van der Waals surface area contributed by atoms with E-state index in [-0.39, 0.29) is 35.8 Å². The largest absolute Gasteiger partial charge is 0.388 e. The quantitative estimate of drug-likeness (QED) is 0.209. The normalized spacial score (nSPS) is 29.4. The Morgan fingerprint density at radius 2 is 2.00 bits per heavy atom. The van der Waals surface area contributed by atoms with Gasteiger partial charge in [0, 0.05) is 26.7 Å². The summed E-state index contributed by atoms with van der Waals surface area (Å²) in [4.78, 5) is 30.0.